The third-order valence-electron chi connectivity index (χ3n) is 2.71. The first-order valence-electron chi connectivity index (χ1n) is 6.01. The predicted octanol–water partition coefficient (Wildman–Crippen LogP) is 1.53. The number of carbonyl (C=O) groups is 1. The second kappa shape index (κ2) is 6.96. The summed E-state index contributed by atoms with van der Waals surface area (Å²) in [6.07, 6.45) is 0. The smallest absolute Gasteiger partial charge is 0.260 e. The van der Waals surface area contributed by atoms with Crippen LogP contribution < -0.4 is 10.5 Å². The van der Waals surface area contributed by atoms with E-state index in [1.54, 1.807) is 4.90 Å². The fourth-order valence-corrected chi connectivity index (χ4v) is 1.66. The van der Waals surface area contributed by atoms with Gasteiger partial charge in [-0.05, 0) is 32.0 Å². The number of nitrogens with zero attached hydrogens (tertiary/aromatic N) is 1. The van der Waals surface area contributed by atoms with Crippen molar-refractivity contribution in [2.75, 3.05) is 19.7 Å². The summed E-state index contributed by atoms with van der Waals surface area (Å²) < 4.78 is 18.4. The molecule has 0 saturated carbocycles. The second-order valence-corrected chi connectivity index (χ2v) is 3.81. The molecular formula is C13H19FN2O2. The van der Waals surface area contributed by atoms with Gasteiger partial charge in [-0.1, -0.05) is 0 Å². The summed E-state index contributed by atoms with van der Waals surface area (Å²) in [7, 11) is 0. The number of nitrogens with two attached hydrogens (primary N) is 1. The number of amides is 1. The highest BCUT2D eigenvalue weighted by atomic mass is 19.1. The van der Waals surface area contributed by atoms with Crippen LogP contribution in [-0.4, -0.2) is 30.5 Å². The standard InChI is InChI=1S/C13H19FN2O2/c1-3-16(4-2)13(17)9-18-12-6-5-11(14)7-10(12)8-15/h5-7H,3-4,8-9,15H2,1-2H3. The molecule has 1 rings (SSSR count). The van der Waals surface area contributed by atoms with Gasteiger partial charge in [0.05, 0.1) is 0 Å². The van der Waals surface area contributed by atoms with Gasteiger partial charge in [0.15, 0.2) is 6.61 Å². The topological polar surface area (TPSA) is 55.6 Å². The van der Waals surface area contributed by atoms with E-state index in [1.165, 1.54) is 18.2 Å². The molecule has 1 amide bonds. The van der Waals surface area contributed by atoms with Crippen LogP contribution in [0.3, 0.4) is 0 Å². The average molecular weight is 254 g/mol. The van der Waals surface area contributed by atoms with Crippen LogP contribution >= 0.6 is 0 Å². The van der Waals surface area contributed by atoms with Crippen molar-refractivity contribution >= 4 is 5.91 Å². The number of rotatable bonds is 6. The summed E-state index contributed by atoms with van der Waals surface area (Å²) in [5.41, 5.74) is 6.05. The minimum atomic E-state index is -0.363. The molecule has 0 fully saturated rings. The highest BCUT2D eigenvalue weighted by molar-refractivity contribution is 5.77. The van der Waals surface area contributed by atoms with E-state index in [9.17, 15) is 9.18 Å². The molecule has 1 aromatic rings. The number of hydrogen-bond acceptors (Lipinski definition) is 3. The minimum absolute atomic E-state index is 0.0552. The molecule has 18 heavy (non-hydrogen) atoms. The van der Waals surface area contributed by atoms with Crippen LogP contribution in [0.1, 0.15) is 19.4 Å². The van der Waals surface area contributed by atoms with Gasteiger partial charge in [0.1, 0.15) is 11.6 Å². The van der Waals surface area contributed by atoms with Gasteiger partial charge in [-0.3, -0.25) is 4.79 Å². The minimum Gasteiger partial charge on any atom is -0.483 e. The summed E-state index contributed by atoms with van der Waals surface area (Å²) in [4.78, 5) is 13.4. The Morgan fingerprint density at radius 1 is 1.39 bits per heavy atom. The van der Waals surface area contributed by atoms with E-state index in [-0.39, 0.29) is 24.9 Å². The monoisotopic (exact) mass is 254 g/mol. The summed E-state index contributed by atoms with van der Waals surface area (Å²) in [5, 5.41) is 0. The van der Waals surface area contributed by atoms with Gasteiger partial charge in [-0.25, -0.2) is 4.39 Å². The van der Waals surface area contributed by atoms with Crippen molar-refractivity contribution < 1.29 is 13.9 Å². The van der Waals surface area contributed by atoms with E-state index in [1.807, 2.05) is 13.8 Å². The summed E-state index contributed by atoms with van der Waals surface area (Å²) in [5.74, 6) is 0.00423. The van der Waals surface area contributed by atoms with Crippen molar-refractivity contribution in [1.82, 2.24) is 4.90 Å². The molecule has 1 aromatic carbocycles. The van der Waals surface area contributed by atoms with E-state index in [0.717, 1.165) is 0 Å². The molecule has 5 heteroatoms. The zero-order chi connectivity index (χ0) is 13.5. The molecule has 0 spiro atoms. The van der Waals surface area contributed by atoms with Gasteiger partial charge >= 0.3 is 0 Å². The van der Waals surface area contributed by atoms with Crippen molar-refractivity contribution in [2.45, 2.75) is 20.4 Å². The maximum atomic E-state index is 13.0. The van der Waals surface area contributed by atoms with E-state index < -0.39 is 0 Å². The number of benzene rings is 1. The fourth-order valence-electron chi connectivity index (χ4n) is 1.66. The molecule has 4 nitrogen and oxygen atoms in total. The summed E-state index contributed by atoms with van der Waals surface area (Å²) in [6.45, 7) is 5.22. The molecular weight excluding hydrogens is 235 g/mol. The Hall–Kier alpha value is -1.62. The van der Waals surface area contributed by atoms with Crippen molar-refractivity contribution in [3.8, 4) is 5.75 Å². The Bertz CT molecular complexity index is 406. The van der Waals surface area contributed by atoms with E-state index in [0.29, 0.717) is 24.4 Å². The fraction of sp³-hybridized carbons (Fsp3) is 0.462. The number of halogens is 1. The summed E-state index contributed by atoms with van der Waals surface area (Å²) in [6, 6.07) is 4.10. The first-order chi connectivity index (χ1) is 8.62. The molecule has 0 atom stereocenters. The molecule has 2 N–H and O–H groups in total. The maximum absolute atomic E-state index is 13.0. The van der Waals surface area contributed by atoms with Gasteiger partial charge < -0.3 is 15.4 Å². The third kappa shape index (κ3) is 3.70. The highest BCUT2D eigenvalue weighted by Crippen LogP contribution is 2.19. The Labute approximate surface area is 107 Å². The Balaban J connectivity index is 2.66. The second-order valence-electron chi connectivity index (χ2n) is 3.81. The molecule has 0 bridgehead atoms. The molecule has 100 valence electrons. The maximum Gasteiger partial charge on any atom is 0.260 e. The molecule has 0 aliphatic carbocycles. The van der Waals surface area contributed by atoms with E-state index >= 15 is 0 Å². The van der Waals surface area contributed by atoms with Gasteiger partial charge in [0.2, 0.25) is 0 Å². The zero-order valence-corrected chi connectivity index (χ0v) is 10.8. The lowest BCUT2D eigenvalue weighted by atomic mass is 10.2. The van der Waals surface area contributed by atoms with Crippen molar-refractivity contribution in [3.05, 3.63) is 29.6 Å². The molecule has 0 aromatic heterocycles. The normalized spacial score (nSPS) is 10.2. The SMILES string of the molecule is CCN(CC)C(=O)COc1ccc(F)cc1CN. The van der Waals surface area contributed by atoms with Crippen molar-refractivity contribution in [3.63, 3.8) is 0 Å². The molecule has 0 saturated heterocycles. The molecule has 0 aliphatic heterocycles. The predicted molar refractivity (Wildman–Crippen MR) is 67.7 cm³/mol. The van der Waals surface area contributed by atoms with Crippen LogP contribution in [0.4, 0.5) is 4.39 Å². The van der Waals surface area contributed by atoms with Gasteiger partial charge in [-0.2, -0.15) is 0 Å². The molecule has 0 unspecified atom stereocenters. The quantitative estimate of drug-likeness (QED) is 0.837. The van der Waals surface area contributed by atoms with E-state index in [4.69, 9.17) is 10.5 Å². The number of carbonyl (C=O) groups excluding carboxylic acids is 1. The number of likely N-dealkylation sites (N-methyl/N-ethyl adjacent to an activating group) is 1. The zero-order valence-electron chi connectivity index (χ0n) is 10.8. The highest BCUT2D eigenvalue weighted by Gasteiger charge is 2.11. The van der Waals surface area contributed by atoms with Crippen LogP contribution in [0.15, 0.2) is 18.2 Å². The first-order valence-corrected chi connectivity index (χ1v) is 6.01. The number of ether oxygens (including phenoxy) is 1. The van der Waals surface area contributed by atoms with Gasteiger partial charge in [0.25, 0.3) is 5.91 Å². The van der Waals surface area contributed by atoms with Crippen LogP contribution in [0.2, 0.25) is 0 Å². The molecule has 0 radical (unpaired) electrons. The lowest BCUT2D eigenvalue weighted by Crippen LogP contribution is -2.34. The lowest BCUT2D eigenvalue weighted by molar-refractivity contribution is -0.132. The third-order valence-corrected chi connectivity index (χ3v) is 2.71. The van der Waals surface area contributed by atoms with Crippen LogP contribution in [0, 0.1) is 5.82 Å². The Morgan fingerprint density at radius 3 is 2.61 bits per heavy atom. The van der Waals surface area contributed by atoms with Gasteiger partial charge in [-0.15, -0.1) is 0 Å². The molecule has 0 heterocycles. The average Bonchev–Trinajstić information content (AvgIpc) is 2.38. The first kappa shape index (κ1) is 14.4. The van der Waals surface area contributed by atoms with Crippen LogP contribution in [0.5, 0.6) is 5.75 Å². The Morgan fingerprint density at radius 2 is 2.06 bits per heavy atom. The van der Waals surface area contributed by atoms with Crippen molar-refractivity contribution in [2.24, 2.45) is 5.73 Å². The van der Waals surface area contributed by atoms with Crippen LogP contribution in [0.25, 0.3) is 0 Å². The summed E-state index contributed by atoms with van der Waals surface area (Å²) >= 11 is 0. The molecule has 0 aliphatic rings. The van der Waals surface area contributed by atoms with Crippen molar-refractivity contribution in [1.29, 1.82) is 0 Å². The Kier molecular flexibility index (Phi) is 5.58. The largest absolute Gasteiger partial charge is 0.483 e. The number of hydrogen-bond donors (Lipinski definition) is 1. The van der Waals surface area contributed by atoms with E-state index in [2.05, 4.69) is 0 Å². The van der Waals surface area contributed by atoms with Crippen LogP contribution in [-0.2, 0) is 11.3 Å². The lowest BCUT2D eigenvalue weighted by Gasteiger charge is -2.19. The van der Waals surface area contributed by atoms with Gasteiger partial charge in [0, 0.05) is 25.2 Å².